The number of benzene rings is 5. The predicted octanol–water partition coefficient (Wildman–Crippen LogP) is 12.2. The van der Waals surface area contributed by atoms with Gasteiger partial charge in [0, 0.05) is 43.5 Å². The Bertz CT molecular complexity index is 5590. The SMILES string of the molecule is COC(=O)C1CCC(=O)C1.COC(=O)C1Cc2sc(N)c(C(=O)c3ccccc3OC)c2C1.COC(=O)C1Cc2sc(NC(=O)CBr)c(C(=O)c3ccccc3OC)c2C1.COC(=O)C1Cc2sc(NC(=O)CN)c(C(=O)c3ccccc3OC)c2C1.COC(=O)C1Cc2sc3c(c2C1)C(c1ccccc1OC)=NCC(=O)N3.COc1ccccc1C(=O)CC#N. The van der Waals surface area contributed by atoms with Crippen molar-refractivity contribution in [3.63, 3.8) is 0 Å². The van der Waals surface area contributed by atoms with Crippen LogP contribution in [0.2, 0.25) is 0 Å². The third-order valence-electron chi connectivity index (χ3n) is 21.3. The number of thiophene rings is 4. The van der Waals surface area contributed by atoms with Gasteiger partial charge in [0.05, 0.1) is 175 Å². The summed E-state index contributed by atoms with van der Waals surface area (Å²) in [4.78, 5) is 164. The third kappa shape index (κ3) is 22.2. The van der Waals surface area contributed by atoms with Crippen molar-refractivity contribution in [2.75, 3.05) is 111 Å². The number of amides is 3. The number of nitriles is 1. The number of halogens is 1. The molecule has 5 heterocycles. The maximum Gasteiger partial charge on any atom is 0.309 e. The van der Waals surface area contributed by atoms with E-state index in [9.17, 15) is 62.3 Å². The average Bonchev–Trinajstić information content (AvgIpc) is 1.73. The molecule has 0 saturated heterocycles. The minimum atomic E-state index is -0.381. The van der Waals surface area contributed by atoms with E-state index in [4.69, 9.17) is 59.4 Å². The number of nitrogen functional groups attached to an aromatic ring is 1. The predicted molar refractivity (Wildman–Crippen MR) is 477 cm³/mol. The molecule has 15 rings (SSSR count). The second-order valence-electron chi connectivity index (χ2n) is 28.8. The highest BCUT2D eigenvalue weighted by molar-refractivity contribution is 9.09. The smallest absolute Gasteiger partial charge is 0.309 e. The molecule has 1 saturated carbocycles. The van der Waals surface area contributed by atoms with Gasteiger partial charge in [-0.3, -0.25) is 67.3 Å². The molecule has 1 fully saturated rings. The van der Waals surface area contributed by atoms with Crippen LogP contribution >= 0.6 is 61.3 Å². The lowest BCUT2D eigenvalue weighted by molar-refractivity contribution is -0.146. The van der Waals surface area contributed by atoms with E-state index in [0.717, 1.165) is 63.6 Å². The standard InChI is InChI=1S/C19H18BrNO5S.C19H20N2O5S.C19H18N2O4S.C17H17NO4S.C10H9NO2.C7H10O3/c2*1-25-13-6-4-3-5-11(13)17(23)16-12-7-10(19(24)26-2)8-14(12)27-18(16)21-15(22)9-20;1-24-13-6-4-3-5-11(13)17-16-12-7-10(19(23)25-2)8-14(12)26-18(16)21-15(22)9-20-17;1-21-12-6-4-3-5-10(12)15(19)14-11-7-9(17(20)22-2)8-13(11)23-16(14)18;1-13-10-5-3-2-4-8(10)9(12)6-7-11;1-10-7(9)5-2-3-6(8)4-5/h3-6,10H,7-9H2,1-2H3,(H,21,22);3-6,10H,7-9,20H2,1-2H3,(H,21,22);3-6,10H,7-9H2,1-2H3,(H,21,22);3-6,9H,7-8,18H2,1-2H3;2-5H,6H2,1H3;5H,2-4H2,1H3. The zero-order chi connectivity index (χ0) is 91.2. The maximum absolute atomic E-state index is 13.3. The Morgan fingerprint density at radius 2 is 0.825 bits per heavy atom. The number of rotatable bonds is 23. The summed E-state index contributed by atoms with van der Waals surface area (Å²) in [5, 5.41) is 19.2. The molecule has 5 unspecified atom stereocenters. The lowest BCUT2D eigenvalue weighted by Gasteiger charge is -2.13. The highest BCUT2D eigenvalue weighted by Crippen LogP contribution is 2.48. The highest BCUT2D eigenvalue weighted by atomic mass is 79.9. The van der Waals surface area contributed by atoms with Crippen LogP contribution in [0.4, 0.5) is 20.0 Å². The quantitative estimate of drug-likeness (QED) is 0.0172. The van der Waals surface area contributed by atoms with Gasteiger partial charge in [-0.25, -0.2) is 0 Å². The molecular weight excluding hydrogens is 1770 g/mol. The van der Waals surface area contributed by atoms with Crippen LogP contribution < -0.4 is 51.1 Å². The van der Waals surface area contributed by atoms with Gasteiger partial charge in [-0.2, -0.15) is 5.26 Å². The number of para-hydroxylation sites is 5. The second-order valence-corrected chi connectivity index (χ2v) is 33.8. The topological polar surface area (TPSA) is 438 Å². The van der Waals surface area contributed by atoms with Crippen LogP contribution in [0.25, 0.3) is 0 Å². The zero-order valence-electron chi connectivity index (χ0n) is 70.5. The number of alkyl halides is 1. The molecule has 5 aromatic carbocycles. The van der Waals surface area contributed by atoms with E-state index in [-0.39, 0.29) is 131 Å². The van der Waals surface area contributed by atoms with Gasteiger partial charge >= 0.3 is 29.8 Å². The lowest BCUT2D eigenvalue weighted by atomic mass is 9.97. The summed E-state index contributed by atoms with van der Waals surface area (Å²) in [6.45, 7) is -0.125. The molecule has 3 amide bonds. The van der Waals surface area contributed by atoms with Crippen molar-refractivity contribution in [2.24, 2.45) is 40.3 Å². The van der Waals surface area contributed by atoms with E-state index in [2.05, 4.69) is 41.6 Å². The Morgan fingerprint density at radius 1 is 0.460 bits per heavy atom. The third-order valence-corrected chi connectivity index (χ3v) is 26.4. The van der Waals surface area contributed by atoms with Crippen molar-refractivity contribution in [3.05, 3.63) is 213 Å². The number of anilines is 4. The van der Waals surface area contributed by atoms with E-state index >= 15 is 0 Å². The highest BCUT2D eigenvalue weighted by Gasteiger charge is 2.42. The zero-order valence-corrected chi connectivity index (χ0v) is 75.3. The lowest BCUT2D eigenvalue weighted by Crippen LogP contribution is -2.23. The minimum absolute atomic E-state index is 0.0595. The van der Waals surface area contributed by atoms with Crippen molar-refractivity contribution in [2.45, 2.75) is 77.0 Å². The summed E-state index contributed by atoms with van der Waals surface area (Å²) in [5.74, 6) is -1.29. The molecule has 660 valence electrons. The molecule has 35 heteroatoms. The molecule has 126 heavy (non-hydrogen) atoms. The van der Waals surface area contributed by atoms with Crippen molar-refractivity contribution in [3.8, 4) is 34.8 Å². The second kappa shape index (κ2) is 44.8. The number of carbonyl (C=O) groups is 13. The van der Waals surface area contributed by atoms with E-state index < -0.39 is 0 Å². The monoisotopic (exact) mass is 1860 g/mol. The number of methoxy groups -OCH3 is 10. The van der Waals surface area contributed by atoms with Crippen molar-refractivity contribution in [1.82, 2.24) is 0 Å². The van der Waals surface area contributed by atoms with E-state index in [1.807, 2.05) is 36.4 Å². The Morgan fingerprint density at radius 3 is 1.23 bits per heavy atom. The van der Waals surface area contributed by atoms with E-state index in [0.29, 0.717) is 153 Å². The first-order valence-corrected chi connectivity index (χ1v) is 43.7. The van der Waals surface area contributed by atoms with Gasteiger partial charge in [0.25, 0.3) is 0 Å². The molecular formula is C91H92BrN7O23S4. The number of fused-ring (bicyclic) bond motifs is 6. The molecule has 7 N–H and O–H groups in total. The van der Waals surface area contributed by atoms with Gasteiger partial charge in [-0.1, -0.05) is 76.6 Å². The summed E-state index contributed by atoms with van der Waals surface area (Å²) in [7, 11) is 14.5. The fourth-order valence-corrected chi connectivity index (χ4v) is 20.5. The molecule has 4 aromatic heterocycles. The van der Waals surface area contributed by atoms with Gasteiger partial charge in [0.15, 0.2) is 23.1 Å². The van der Waals surface area contributed by atoms with Gasteiger partial charge in [0.2, 0.25) is 17.7 Å². The summed E-state index contributed by atoms with van der Waals surface area (Å²) in [6, 6.07) is 37.2. The molecule has 6 aliphatic rings. The molecule has 5 aliphatic carbocycles. The molecule has 5 atom stereocenters. The number of aliphatic imine (C=N–C) groups is 1. The number of ether oxygens (including phenoxy) is 10. The molecule has 0 spiro atoms. The van der Waals surface area contributed by atoms with Crippen molar-refractivity contribution >= 4 is 163 Å². The van der Waals surface area contributed by atoms with Crippen molar-refractivity contribution < 1.29 is 110 Å². The Balaban J connectivity index is 0.000000162. The molecule has 9 aromatic rings. The summed E-state index contributed by atoms with van der Waals surface area (Å²) in [5.41, 5.74) is 20.6. The van der Waals surface area contributed by atoms with Crippen LogP contribution in [0, 0.1) is 40.9 Å². The summed E-state index contributed by atoms with van der Waals surface area (Å²) >= 11 is 8.67. The number of nitrogens with two attached hydrogens (primary N) is 2. The van der Waals surface area contributed by atoms with Crippen LogP contribution in [-0.4, -0.2) is 172 Å². The first kappa shape index (κ1) is 95.6. The maximum atomic E-state index is 13.3. The van der Waals surface area contributed by atoms with E-state index in [1.165, 1.54) is 109 Å². The molecule has 0 bridgehead atoms. The molecule has 30 nitrogen and oxygen atoms in total. The number of carbonyl (C=O) groups excluding carboxylic acids is 13. The normalized spacial score (nSPS) is 16.1. The number of nitrogens with one attached hydrogen (secondary N) is 3. The molecule has 1 aliphatic heterocycles. The Hall–Kier alpha value is -12.6. The summed E-state index contributed by atoms with van der Waals surface area (Å²) in [6.07, 6.45) is 5.58. The Kier molecular flexibility index (Phi) is 34.0. The summed E-state index contributed by atoms with van der Waals surface area (Å²) < 4.78 is 50.3. The number of Topliss-reactive ketones (excluding diaryl/α,β-unsaturated/α-hetero) is 2. The van der Waals surface area contributed by atoms with Crippen LogP contribution in [0.1, 0.15) is 137 Å². The van der Waals surface area contributed by atoms with Crippen LogP contribution in [0.5, 0.6) is 28.7 Å². The first-order valence-electron chi connectivity index (χ1n) is 39.4. The number of esters is 5. The number of hydrogen-bond donors (Lipinski definition) is 5. The van der Waals surface area contributed by atoms with Crippen LogP contribution in [0.15, 0.2) is 126 Å². The number of ketones is 5. The fraction of sp³-hybridized carbons (Fsp3) is 0.330. The first-order chi connectivity index (χ1) is 60.7. The minimum Gasteiger partial charge on any atom is -0.496 e. The van der Waals surface area contributed by atoms with Crippen LogP contribution in [0.3, 0.4) is 0 Å². The van der Waals surface area contributed by atoms with Gasteiger partial charge < -0.3 is 74.8 Å². The molecule has 0 radical (unpaired) electrons. The Labute approximate surface area is 750 Å². The fourth-order valence-electron chi connectivity index (χ4n) is 15.3. The average molecular weight is 1860 g/mol. The van der Waals surface area contributed by atoms with Crippen LogP contribution in [-0.2, 0) is 118 Å². The van der Waals surface area contributed by atoms with Gasteiger partial charge in [0.1, 0.15) is 56.1 Å². The van der Waals surface area contributed by atoms with Gasteiger partial charge in [-0.15, -0.1) is 45.3 Å². The largest absolute Gasteiger partial charge is 0.496 e. The van der Waals surface area contributed by atoms with Gasteiger partial charge in [-0.05, 0) is 141 Å². The number of nitrogens with zero attached hydrogens (tertiary/aromatic N) is 2. The van der Waals surface area contributed by atoms with E-state index in [1.54, 1.807) is 98.1 Å². The van der Waals surface area contributed by atoms with Crippen molar-refractivity contribution in [1.29, 1.82) is 5.26 Å². The number of hydrogen-bond acceptors (Lipinski definition) is 31.